The highest BCUT2D eigenvalue weighted by atomic mass is 32.2. The number of nitrogens with one attached hydrogen (secondary N) is 1. The Kier molecular flexibility index (Phi) is 6.97. The minimum atomic E-state index is -0.288. The predicted molar refractivity (Wildman–Crippen MR) is 122 cm³/mol. The maximum absolute atomic E-state index is 12.9. The van der Waals surface area contributed by atoms with Crippen LogP contribution in [0.15, 0.2) is 69.7 Å². The maximum atomic E-state index is 12.9. The average molecular weight is 469 g/mol. The second-order valence-corrected chi connectivity index (χ2v) is 8.69. The van der Waals surface area contributed by atoms with E-state index in [-0.39, 0.29) is 24.1 Å². The van der Waals surface area contributed by atoms with Crippen LogP contribution in [0.1, 0.15) is 21.0 Å². The van der Waals surface area contributed by atoms with Gasteiger partial charge in [0, 0.05) is 11.9 Å². The number of thiophene rings is 1. The van der Waals surface area contributed by atoms with Gasteiger partial charge >= 0.3 is 0 Å². The molecule has 11 heteroatoms. The van der Waals surface area contributed by atoms with Gasteiger partial charge in [-0.15, -0.1) is 16.4 Å². The zero-order chi connectivity index (χ0) is 22.3. The van der Waals surface area contributed by atoms with Crippen LogP contribution in [-0.4, -0.2) is 44.8 Å². The summed E-state index contributed by atoms with van der Waals surface area (Å²) in [5.74, 6) is 0.317. The summed E-state index contributed by atoms with van der Waals surface area (Å²) in [5, 5.41) is 17.1. The smallest absolute Gasteiger partial charge is 0.253 e. The molecule has 2 amide bonds. The molecule has 3 aromatic heterocycles. The highest BCUT2D eigenvalue weighted by Crippen LogP contribution is 2.22. The van der Waals surface area contributed by atoms with Gasteiger partial charge in [0.15, 0.2) is 0 Å². The summed E-state index contributed by atoms with van der Waals surface area (Å²) in [4.78, 5) is 28.2. The first-order valence-electron chi connectivity index (χ1n) is 9.69. The van der Waals surface area contributed by atoms with Gasteiger partial charge in [-0.2, -0.15) is 0 Å². The minimum Gasteiger partial charge on any atom is -0.467 e. The van der Waals surface area contributed by atoms with E-state index in [2.05, 4.69) is 20.8 Å². The molecule has 0 aliphatic rings. The van der Waals surface area contributed by atoms with Gasteiger partial charge < -0.3 is 14.6 Å². The highest BCUT2D eigenvalue weighted by molar-refractivity contribution is 7.99. The Balaban J connectivity index is 1.39. The number of rotatable bonds is 9. The van der Waals surface area contributed by atoms with Crippen molar-refractivity contribution < 1.29 is 14.0 Å². The van der Waals surface area contributed by atoms with Crippen molar-refractivity contribution in [2.24, 2.45) is 0 Å². The highest BCUT2D eigenvalue weighted by Gasteiger charge is 2.20. The largest absolute Gasteiger partial charge is 0.467 e. The van der Waals surface area contributed by atoms with Crippen molar-refractivity contribution >= 4 is 40.6 Å². The molecule has 0 atom stereocenters. The lowest BCUT2D eigenvalue weighted by Crippen LogP contribution is -2.31. The molecule has 0 saturated heterocycles. The lowest BCUT2D eigenvalue weighted by atomic mass is 10.1. The third kappa shape index (κ3) is 5.24. The molecule has 0 unspecified atom stereocenters. The Morgan fingerprint density at radius 3 is 2.84 bits per heavy atom. The van der Waals surface area contributed by atoms with Crippen molar-refractivity contribution in [3.8, 4) is 0 Å². The van der Waals surface area contributed by atoms with Crippen molar-refractivity contribution in [3.63, 3.8) is 0 Å². The van der Waals surface area contributed by atoms with Gasteiger partial charge in [0.1, 0.15) is 5.76 Å². The second-order valence-electron chi connectivity index (χ2n) is 6.72. The van der Waals surface area contributed by atoms with E-state index in [9.17, 15) is 9.59 Å². The van der Waals surface area contributed by atoms with Crippen molar-refractivity contribution in [3.05, 3.63) is 76.4 Å². The number of anilines is 1. The third-order valence-electron chi connectivity index (χ3n) is 4.60. The summed E-state index contributed by atoms with van der Waals surface area (Å²) in [7, 11) is 1.65. The normalized spacial score (nSPS) is 10.8. The summed E-state index contributed by atoms with van der Waals surface area (Å²) in [5.41, 5.74) is 0.927. The molecule has 0 saturated carbocycles. The van der Waals surface area contributed by atoms with E-state index >= 15 is 0 Å². The van der Waals surface area contributed by atoms with Crippen LogP contribution in [0.25, 0.3) is 0 Å². The quantitative estimate of drug-likeness (QED) is 0.376. The molecule has 4 aromatic rings. The summed E-state index contributed by atoms with van der Waals surface area (Å²) in [6, 6.07) is 14.5. The molecule has 9 nitrogen and oxygen atoms in total. The zero-order valence-electron chi connectivity index (χ0n) is 17.2. The molecule has 0 aliphatic heterocycles. The van der Waals surface area contributed by atoms with Crippen LogP contribution < -0.4 is 10.2 Å². The standard InChI is InChI=1S/C21H20N6O3S2/c1-26(18-9-3-2-8-17(18)20(29)22-12-15-6-4-10-30-15)19(28)14-32-21-23-24-25-27(21)13-16-7-5-11-31-16/h2-11H,12-14H2,1H3,(H,22,29). The van der Waals surface area contributed by atoms with Crippen molar-refractivity contribution in [1.29, 1.82) is 0 Å². The number of furan rings is 1. The van der Waals surface area contributed by atoms with Crippen LogP contribution in [0.4, 0.5) is 5.69 Å². The number of hydrogen-bond donors (Lipinski definition) is 1. The first-order chi connectivity index (χ1) is 15.6. The second kappa shape index (κ2) is 10.2. The number of aromatic nitrogens is 4. The molecule has 0 aliphatic carbocycles. The molecule has 0 bridgehead atoms. The number of nitrogens with zero attached hydrogens (tertiary/aromatic N) is 5. The van der Waals surface area contributed by atoms with Crippen molar-refractivity contribution in [1.82, 2.24) is 25.5 Å². The summed E-state index contributed by atoms with van der Waals surface area (Å²) in [6.07, 6.45) is 1.55. The Hall–Kier alpha value is -3.44. The number of benzene rings is 1. The number of carbonyl (C=O) groups excluding carboxylic acids is 2. The molecular formula is C21H20N6O3S2. The zero-order valence-corrected chi connectivity index (χ0v) is 18.8. The van der Waals surface area contributed by atoms with Gasteiger partial charge in [-0.25, -0.2) is 4.68 Å². The van der Waals surface area contributed by atoms with E-state index in [1.165, 1.54) is 16.7 Å². The number of amides is 2. The van der Waals surface area contributed by atoms with Gasteiger partial charge in [-0.05, 0) is 46.1 Å². The third-order valence-corrected chi connectivity index (χ3v) is 6.40. The van der Waals surface area contributed by atoms with Crippen LogP contribution in [0.3, 0.4) is 0 Å². The molecule has 1 N–H and O–H groups in total. The van der Waals surface area contributed by atoms with Gasteiger partial charge in [-0.1, -0.05) is 30.0 Å². The van der Waals surface area contributed by atoms with Crippen LogP contribution in [0, 0.1) is 0 Å². The summed E-state index contributed by atoms with van der Waals surface area (Å²) >= 11 is 2.88. The predicted octanol–water partition coefficient (Wildman–Crippen LogP) is 3.06. The molecular weight excluding hydrogens is 448 g/mol. The molecule has 32 heavy (non-hydrogen) atoms. The van der Waals surface area contributed by atoms with Crippen LogP contribution >= 0.6 is 23.1 Å². The lowest BCUT2D eigenvalue weighted by Gasteiger charge is -2.20. The van der Waals surface area contributed by atoms with E-state index in [1.54, 1.807) is 65.7 Å². The number of carbonyl (C=O) groups is 2. The van der Waals surface area contributed by atoms with E-state index < -0.39 is 0 Å². The van der Waals surface area contributed by atoms with Gasteiger partial charge in [-0.3, -0.25) is 9.59 Å². The van der Waals surface area contributed by atoms with Crippen LogP contribution in [-0.2, 0) is 17.9 Å². The van der Waals surface area contributed by atoms with Crippen LogP contribution in [0.2, 0.25) is 0 Å². The monoisotopic (exact) mass is 468 g/mol. The number of hydrogen-bond acceptors (Lipinski definition) is 8. The first-order valence-corrected chi connectivity index (χ1v) is 11.6. The van der Waals surface area contributed by atoms with E-state index in [1.807, 2.05) is 17.5 Å². The minimum absolute atomic E-state index is 0.129. The number of tetrazole rings is 1. The first kappa shape index (κ1) is 21.8. The van der Waals surface area contributed by atoms with E-state index in [4.69, 9.17) is 4.42 Å². The summed E-state index contributed by atoms with van der Waals surface area (Å²) in [6.45, 7) is 0.816. The lowest BCUT2D eigenvalue weighted by molar-refractivity contribution is -0.115. The molecule has 0 fully saturated rings. The molecule has 164 valence electrons. The fourth-order valence-corrected chi connectivity index (χ4v) is 4.42. The number of para-hydroxylation sites is 1. The molecule has 1 aromatic carbocycles. The van der Waals surface area contributed by atoms with Crippen LogP contribution in [0.5, 0.6) is 0 Å². The Morgan fingerprint density at radius 1 is 1.19 bits per heavy atom. The Bertz CT molecular complexity index is 1170. The number of thioether (sulfide) groups is 1. The van der Waals surface area contributed by atoms with Gasteiger partial charge in [0.2, 0.25) is 11.1 Å². The van der Waals surface area contributed by atoms with Gasteiger partial charge in [0.05, 0.1) is 36.4 Å². The van der Waals surface area contributed by atoms with Crippen molar-refractivity contribution in [2.45, 2.75) is 18.2 Å². The van der Waals surface area contributed by atoms with Gasteiger partial charge in [0.25, 0.3) is 5.91 Å². The topological polar surface area (TPSA) is 106 Å². The van der Waals surface area contributed by atoms with Crippen molar-refractivity contribution in [2.75, 3.05) is 17.7 Å². The molecule has 0 radical (unpaired) electrons. The Morgan fingerprint density at radius 2 is 2.06 bits per heavy atom. The van der Waals surface area contributed by atoms with E-state index in [0.717, 1.165) is 4.88 Å². The SMILES string of the molecule is CN(C(=O)CSc1nnnn1Cc1cccs1)c1ccccc1C(=O)NCc1ccco1. The fourth-order valence-electron chi connectivity index (χ4n) is 2.94. The Labute approximate surface area is 192 Å². The van der Waals surface area contributed by atoms with E-state index in [0.29, 0.717) is 28.7 Å². The molecule has 4 rings (SSSR count). The molecule has 3 heterocycles. The molecule has 0 spiro atoms. The fraction of sp³-hybridized carbons (Fsp3) is 0.190. The summed E-state index contributed by atoms with van der Waals surface area (Å²) < 4.78 is 6.91. The maximum Gasteiger partial charge on any atom is 0.253 e. The average Bonchev–Trinajstić information content (AvgIpc) is 3.59.